The first kappa shape index (κ1) is 17.1. The number of aliphatic hydroxyl groups excluding tert-OH is 3. The summed E-state index contributed by atoms with van der Waals surface area (Å²) in [5, 5.41) is 29.7. The van der Waals surface area contributed by atoms with E-state index in [9.17, 15) is 23.4 Å². The molecule has 0 spiro atoms. The highest BCUT2D eigenvalue weighted by Gasteiger charge is 2.43. The van der Waals surface area contributed by atoms with Crippen LogP contribution in [0.15, 0.2) is 40.2 Å². The van der Waals surface area contributed by atoms with Gasteiger partial charge in [-0.05, 0) is 23.6 Å². The number of hydrogen-bond acceptors (Lipinski definition) is 7. The van der Waals surface area contributed by atoms with Crippen LogP contribution in [0.3, 0.4) is 0 Å². The molecular weight excluding hydrogens is 338 g/mol. The van der Waals surface area contributed by atoms with Gasteiger partial charge in [0.1, 0.15) is 18.3 Å². The Morgan fingerprint density at radius 3 is 2.50 bits per heavy atom. The van der Waals surface area contributed by atoms with E-state index >= 15 is 0 Å². The third-order valence-electron chi connectivity index (χ3n) is 4.12. The Hall–Kier alpha value is -1.78. The van der Waals surface area contributed by atoms with E-state index in [4.69, 9.17) is 9.84 Å². The van der Waals surface area contributed by atoms with Gasteiger partial charge in [0.05, 0.1) is 11.5 Å². The fourth-order valence-corrected chi connectivity index (χ4v) is 3.42. The summed E-state index contributed by atoms with van der Waals surface area (Å²) in [5.74, 6) is 0. The zero-order chi connectivity index (χ0) is 17.6. The first-order valence-electron chi connectivity index (χ1n) is 7.21. The second-order valence-electron chi connectivity index (χ2n) is 5.78. The number of hydrogen-bond donors (Lipinski definition) is 3. The number of pyridine rings is 1. The largest absolute Gasteiger partial charge is 0.394 e. The van der Waals surface area contributed by atoms with Gasteiger partial charge in [-0.3, -0.25) is 9.36 Å². The lowest BCUT2D eigenvalue weighted by Crippen LogP contribution is -2.35. The molecule has 0 aliphatic carbocycles. The predicted octanol–water partition coefficient (Wildman–Crippen LogP) is -0.984. The predicted molar refractivity (Wildman–Crippen MR) is 84.3 cm³/mol. The third-order valence-corrected chi connectivity index (χ3v) is 5.23. The van der Waals surface area contributed by atoms with E-state index in [0.717, 1.165) is 10.8 Å². The molecule has 8 nitrogen and oxygen atoms in total. The van der Waals surface area contributed by atoms with Crippen molar-refractivity contribution >= 4 is 20.6 Å². The number of benzene rings is 1. The van der Waals surface area contributed by atoms with Gasteiger partial charge in [0.2, 0.25) is 0 Å². The normalized spacial score (nSPS) is 27.7. The van der Waals surface area contributed by atoms with Crippen molar-refractivity contribution in [1.82, 2.24) is 4.57 Å². The first-order chi connectivity index (χ1) is 11.2. The molecule has 130 valence electrons. The molecule has 1 fully saturated rings. The summed E-state index contributed by atoms with van der Waals surface area (Å²) in [6.45, 7) is -0.505. The van der Waals surface area contributed by atoms with Crippen LogP contribution in [-0.4, -0.2) is 59.5 Å². The molecule has 3 N–H and O–H groups in total. The number of sulfone groups is 1. The van der Waals surface area contributed by atoms with Gasteiger partial charge in [-0.15, -0.1) is 0 Å². The van der Waals surface area contributed by atoms with E-state index in [1.807, 2.05) is 0 Å². The van der Waals surface area contributed by atoms with E-state index in [1.165, 1.54) is 24.4 Å². The molecule has 4 atom stereocenters. The zero-order valence-electron chi connectivity index (χ0n) is 12.7. The van der Waals surface area contributed by atoms with Gasteiger partial charge in [-0.2, -0.15) is 0 Å². The topological polar surface area (TPSA) is 126 Å². The van der Waals surface area contributed by atoms with Gasteiger partial charge in [0.25, 0.3) is 5.56 Å². The fourth-order valence-electron chi connectivity index (χ4n) is 2.77. The maximum atomic E-state index is 12.7. The Kier molecular flexibility index (Phi) is 4.22. The number of aromatic nitrogens is 1. The summed E-state index contributed by atoms with van der Waals surface area (Å²) < 4.78 is 29.8. The summed E-state index contributed by atoms with van der Waals surface area (Å²) in [7, 11) is -3.48. The third kappa shape index (κ3) is 2.74. The van der Waals surface area contributed by atoms with Crippen LogP contribution < -0.4 is 5.56 Å². The molecule has 2 heterocycles. The molecule has 0 saturated carbocycles. The summed E-state index contributed by atoms with van der Waals surface area (Å²) in [6, 6.07) is 5.78. The van der Waals surface area contributed by atoms with E-state index in [2.05, 4.69) is 0 Å². The number of nitrogens with zero attached hydrogens (tertiary/aromatic N) is 1. The van der Waals surface area contributed by atoms with Crippen LogP contribution in [0.5, 0.6) is 0 Å². The van der Waals surface area contributed by atoms with Crippen molar-refractivity contribution in [3.8, 4) is 0 Å². The highest BCUT2D eigenvalue weighted by molar-refractivity contribution is 7.90. The number of fused-ring (bicyclic) bond motifs is 1. The Bertz CT molecular complexity index is 936. The molecular formula is C15H17NO7S. The minimum Gasteiger partial charge on any atom is -0.394 e. The second-order valence-corrected chi connectivity index (χ2v) is 7.79. The molecule has 0 unspecified atom stereocenters. The van der Waals surface area contributed by atoms with Crippen molar-refractivity contribution in [2.24, 2.45) is 0 Å². The Morgan fingerprint density at radius 2 is 1.92 bits per heavy atom. The van der Waals surface area contributed by atoms with Gasteiger partial charge in [0, 0.05) is 17.8 Å². The van der Waals surface area contributed by atoms with E-state index in [-0.39, 0.29) is 10.3 Å². The zero-order valence-corrected chi connectivity index (χ0v) is 13.5. The van der Waals surface area contributed by atoms with Crippen molar-refractivity contribution in [3.63, 3.8) is 0 Å². The van der Waals surface area contributed by atoms with Crippen LogP contribution in [0.2, 0.25) is 0 Å². The maximum absolute atomic E-state index is 12.7. The Morgan fingerprint density at radius 1 is 1.21 bits per heavy atom. The quantitative estimate of drug-likeness (QED) is 0.646. The summed E-state index contributed by atoms with van der Waals surface area (Å²) in [5.41, 5.74) is -0.562. The molecule has 3 rings (SSSR count). The molecule has 1 aliphatic heterocycles. The van der Waals surface area contributed by atoms with Gasteiger partial charge in [0.15, 0.2) is 16.1 Å². The lowest BCUT2D eigenvalue weighted by molar-refractivity contribution is -0.0541. The van der Waals surface area contributed by atoms with Gasteiger partial charge in [-0.1, -0.05) is 6.07 Å². The summed E-state index contributed by atoms with van der Waals surface area (Å²) in [6.07, 6.45) is -2.46. The summed E-state index contributed by atoms with van der Waals surface area (Å²) in [4.78, 5) is 12.7. The number of rotatable bonds is 3. The first-order valence-corrected chi connectivity index (χ1v) is 9.10. The SMILES string of the molecule is CS(=O)(=O)c1ccc2ccn([C@@H]3O[C@H](CO)[C@@H](O)[C@@H]3O)c(=O)c2c1. The average Bonchev–Trinajstić information content (AvgIpc) is 2.82. The average molecular weight is 355 g/mol. The lowest BCUT2D eigenvalue weighted by atomic mass is 10.1. The lowest BCUT2D eigenvalue weighted by Gasteiger charge is -2.18. The minimum absolute atomic E-state index is 0.00556. The minimum atomic E-state index is -3.48. The molecule has 24 heavy (non-hydrogen) atoms. The molecule has 9 heteroatoms. The van der Waals surface area contributed by atoms with Crippen LogP contribution in [0, 0.1) is 0 Å². The van der Waals surface area contributed by atoms with Crippen LogP contribution in [0.25, 0.3) is 10.8 Å². The molecule has 1 saturated heterocycles. The van der Waals surface area contributed by atoms with Crippen molar-refractivity contribution < 1.29 is 28.5 Å². The van der Waals surface area contributed by atoms with Crippen LogP contribution >= 0.6 is 0 Å². The Balaban J connectivity index is 2.14. The molecule has 1 aromatic heterocycles. The highest BCUT2D eigenvalue weighted by Crippen LogP contribution is 2.29. The molecule has 0 radical (unpaired) electrons. The number of ether oxygens (including phenoxy) is 1. The molecule has 0 amide bonds. The van der Waals surface area contributed by atoms with Crippen LogP contribution in [0.1, 0.15) is 6.23 Å². The maximum Gasteiger partial charge on any atom is 0.260 e. The number of aliphatic hydroxyl groups is 3. The van der Waals surface area contributed by atoms with Crippen molar-refractivity contribution in [2.75, 3.05) is 12.9 Å². The van der Waals surface area contributed by atoms with Gasteiger partial charge in [-0.25, -0.2) is 8.42 Å². The van der Waals surface area contributed by atoms with Crippen molar-refractivity contribution in [3.05, 3.63) is 40.8 Å². The monoisotopic (exact) mass is 355 g/mol. The van der Waals surface area contributed by atoms with Gasteiger partial charge < -0.3 is 20.1 Å². The standard InChI is InChI=1S/C15H17NO7S/c1-24(21,22)9-3-2-8-4-5-16(14(20)10(8)6-9)15-13(19)12(18)11(7-17)23-15/h2-6,11-13,15,17-19H,7H2,1H3/t11-,12-,13+,15-/m1/s1. The second kappa shape index (κ2) is 5.94. The van der Waals surface area contributed by atoms with Crippen molar-refractivity contribution in [1.29, 1.82) is 0 Å². The fraction of sp³-hybridized carbons (Fsp3) is 0.400. The van der Waals surface area contributed by atoms with Crippen LogP contribution in [-0.2, 0) is 14.6 Å². The summed E-state index contributed by atoms with van der Waals surface area (Å²) >= 11 is 0. The van der Waals surface area contributed by atoms with Crippen molar-refractivity contribution in [2.45, 2.75) is 29.4 Å². The van der Waals surface area contributed by atoms with E-state index in [0.29, 0.717) is 5.39 Å². The molecule has 1 aliphatic rings. The Labute approximate surface area is 137 Å². The van der Waals surface area contributed by atoms with Crippen LogP contribution in [0.4, 0.5) is 0 Å². The smallest absolute Gasteiger partial charge is 0.260 e. The molecule has 0 bridgehead atoms. The van der Waals surface area contributed by atoms with E-state index < -0.39 is 46.5 Å². The molecule has 2 aromatic rings. The van der Waals surface area contributed by atoms with E-state index in [1.54, 1.807) is 6.07 Å². The van der Waals surface area contributed by atoms with Gasteiger partial charge >= 0.3 is 0 Å². The molecule has 1 aromatic carbocycles. The highest BCUT2D eigenvalue weighted by atomic mass is 32.2.